The smallest absolute Gasteiger partial charge is 0.306 e. The Hall–Kier alpha value is -2.73. The first-order chi connectivity index (χ1) is 13.5. The van der Waals surface area contributed by atoms with Gasteiger partial charge in [-0.3, -0.25) is 9.59 Å². The van der Waals surface area contributed by atoms with Gasteiger partial charge in [0.25, 0.3) is 5.91 Å². The third-order valence-electron chi connectivity index (χ3n) is 4.05. The summed E-state index contributed by atoms with van der Waals surface area (Å²) in [7, 11) is 3.12. The van der Waals surface area contributed by atoms with E-state index in [2.05, 4.69) is 5.32 Å². The minimum atomic E-state index is -0.431. The lowest BCUT2D eigenvalue weighted by atomic mass is 10.1. The van der Waals surface area contributed by atoms with E-state index < -0.39 is 5.97 Å². The molecule has 2 aromatic rings. The molecule has 1 N–H and O–H groups in total. The lowest BCUT2D eigenvalue weighted by Crippen LogP contribution is -2.30. The number of esters is 1. The summed E-state index contributed by atoms with van der Waals surface area (Å²) in [5, 5.41) is 3.38. The second kappa shape index (κ2) is 11.2. The van der Waals surface area contributed by atoms with Crippen LogP contribution in [0.5, 0.6) is 11.5 Å². The van der Waals surface area contributed by atoms with Crippen LogP contribution < -0.4 is 14.8 Å². The van der Waals surface area contributed by atoms with Crippen LogP contribution in [0, 0.1) is 0 Å². The molecule has 0 aliphatic heterocycles. The van der Waals surface area contributed by atoms with Crippen molar-refractivity contribution >= 4 is 23.5 Å². The molecule has 0 fully saturated rings. The van der Waals surface area contributed by atoms with Crippen molar-refractivity contribution in [2.75, 3.05) is 27.4 Å². The summed E-state index contributed by atoms with van der Waals surface area (Å²) in [4.78, 5) is 23.6. The molecule has 2 rings (SSSR count). The predicted molar refractivity (Wildman–Crippen MR) is 107 cm³/mol. The van der Waals surface area contributed by atoms with Gasteiger partial charge in [-0.1, -0.05) is 29.8 Å². The zero-order valence-corrected chi connectivity index (χ0v) is 16.8. The Morgan fingerprint density at radius 1 is 0.964 bits per heavy atom. The molecule has 7 heteroatoms. The second-order valence-corrected chi connectivity index (χ2v) is 6.52. The van der Waals surface area contributed by atoms with Gasteiger partial charge < -0.3 is 19.5 Å². The van der Waals surface area contributed by atoms with Crippen LogP contribution >= 0.6 is 11.6 Å². The Labute approximate surface area is 169 Å². The van der Waals surface area contributed by atoms with E-state index in [1.807, 2.05) is 30.3 Å². The first kappa shape index (κ1) is 21.6. The van der Waals surface area contributed by atoms with Gasteiger partial charge in [0, 0.05) is 18.0 Å². The van der Waals surface area contributed by atoms with Crippen LogP contribution in [0.2, 0.25) is 5.02 Å². The van der Waals surface area contributed by atoms with E-state index in [-0.39, 0.29) is 18.9 Å². The van der Waals surface area contributed by atoms with Crippen molar-refractivity contribution in [3.8, 4) is 11.5 Å². The topological polar surface area (TPSA) is 73.9 Å². The summed E-state index contributed by atoms with van der Waals surface area (Å²) < 4.78 is 15.4. The number of carbonyl (C=O) groups excluding carboxylic acids is 2. The molecule has 150 valence electrons. The van der Waals surface area contributed by atoms with E-state index in [4.69, 9.17) is 25.8 Å². The van der Waals surface area contributed by atoms with Crippen molar-refractivity contribution in [2.24, 2.45) is 0 Å². The number of hydrogen-bond donors (Lipinski definition) is 1. The molecule has 0 aliphatic rings. The molecular formula is C21H24ClNO5. The maximum atomic E-state index is 11.9. The lowest BCUT2D eigenvalue weighted by Gasteiger charge is -2.10. The summed E-state index contributed by atoms with van der Waals surface area (Å²) in [5.74, 6) is 0.469. The molecule has 0 saturated heterocycles. The van der Waals surface area contributed by atoms with E-state index in [0.717, 1.165) is 11.1 Å². The summed E-state index contributed by atoms with van der Waals surface area (Å²) in [6.45, 7) is 0.155. The van der Waals surface area contributed by atoms with E-state index in [1.54, 1.807) is 26.4 Å². The largest absolute Gasteiger partial charge is 0.493 e. The number of methoxy groups -OCH3 is 2. The number of nitrogens with one attached hydrogen (secondary N) is 1. The minimum absolute atomic E-state index is 0.172. The highest BCUT2D eigenvalue weighted by Crippen LogP contribution is 2.27. The first-order valence-corrected chi connectivity index (χ1v) is 9.27. The Morgan fingerprint density at radius 3 is 2.43 bits per heavy atom. The average molecular weight is 406 g/mol. The highest BCUT2D eigenvalue weighted by atomic mass is 35.5. The minimum Gasteiger partial charge on any atom is -0.493 e. The van der Waals surface area contributed by atoms with Crippen LogP contribution in [0.15, 0.2) is 42.5 Å². The molecule has 6 nitrogen and oxygen atoms in total. The number of hydrogen-bond acceptors (Lipinski definition) is 5. The number of rotatable bonds is 10. The molecule has 0 heterocycles. The molecule has 0 radical (unpaired) electrons. The predicted octanol–water partition coefficient (Wildman–Crippen LogP) is 3.19. The Bertz CT molecular complexity index is 809. The van der Waals surface area contributed by atoms with Gasteiger partial charge in [-0.2, -0.15) is 0 Å². The number of carbonyl (C=O) groups is 2. The van der Waals surface area contributed by atoms with Crippen LogP contribution in [-0.4, -0.2) is 39.2 Å². The van der Waals surface area contributed by atoms with Gasteiger partial charge in [0.1, 0.15) is 0 Å². The van der Waals surface area contributed by atoms with Crippen molar-refractivity contribution in [1.29, 1.82) is 0 Å². The lowest BCUT2D eigenvalue weighted by molar-refractivity contribution is -0.148. The van der Waals surface area contributed by atoms with Gasteiger partial charge in [-0.15, -0.1) is 0 Å². The van der Waals surface area contributed by atoms with Crippen LogP contribution in [0.3, 0.4) is 0 Å². The quantitative estimate of drug-likeness (QED) is 0.614. The Balaban J connectivity index is 1.67. The van der Waals surface area contributed by atoms with Crippen LogP contribution in [-0.2, 0) is 27.2 Å². The zero-order chi connectivity index (χ0) is 20.4. The maximum absolute atomic E-state index is 11.9. The number of amides is 1. The third-order valence-corrected chi connectivity index (χ3v) is 4.29. The van der Waals surface area contributed by atoms with Gasteiger partial charge in [-0.25, -0.2) is 0 Å². The van der Waals surface area contributed by atoms with Gasteiger partial charge in [-0.05, 0) is 48.2 Å². The van der Waals surface area contributed by atoms with Gasteiger partial charge >= 0.3 is 5.97 Å². The van der Waals surface area contributed by atoms with Crippen LogP contribution in [0.1, 0.15) is 17.5 Å². The fourth-order valence-electron chi connectivity index (χ4n) is 2.59. The van der Waals surface area contributed by atoms with Gasteiger partial charge in [0.15, 0.2) is 18.1 Å². The molecule has 0 saturated carbocycles. The molecule has 0 aliphatic carbocycles. The van der Waals surface area contributed by atoms with Gasteiger partial charge in [0.05, 0.1) is 14.2 Å². The number of ether oxygens (including phenoxy) is 3. The summed E-state index contributed by atoms with van der Waals surface area (Å²) in [6.07, 6.45) is 1.31. The molecule has 0 unspecified atom stereocenters. The molecule has 0 bridgehead atoms. The molecule has 0 aromatic heterocycles. The summed E-state index contributed by atoms with van der Waals surface area (Å²) in [6, 6.07) is 12.9. The SMILES string of the molecule is COc1ccc(CCC(=O)OCC(=O)NCCc2cccc(Cl)c2)cc1OC. The molecule has 2 aromatic carbocycles. The number of benzene rings is 2. The standard InChI is InChI=1S/C21H24ClNO5/c1-26-18-8-6-16(13-19(18)27-2)7-9-21(25)28-14-20(24)23-11-10-15-4-3-5-17(22)12-15/h3-6,8,12-13H,7,9-11,14H2,1-2H3,(H,23,24). The van der Waals surface area contributed by atoms with Crippen LogP contribution in [0.25, 0.3) is 0 Å². The van der Waals surface area contributed by atoms with E-state index >= 15 is 0 Å². The fraction of sp³-hybridized carbons (Fsp3) is 0.333. The Morgan fingerprint density at radius 2 is 1.71 bits per heavy atom. The normalized spacial score (nSPS) is 10.2. The van der Waals surface area contributed by atoms with Crippen molar-refractivity contribution < 1.29 is 23.8 Å². The molecule has 0 atom stereocenters. The molecule has 1 amide bonds. The fourth-order valence-corrected chi connectivity index (χ4v) is 2.80. The van der Waals surface area contributed by atoms with Crippen molar-refractivity contribution in [2.45, 2.75) is 19.3 Å². The van der Waals surface area contributed by atoms with Crippen molar-refractivity contribution in [1.82, 2.24) is 5.32 Å². The maximum Gasteiger partial charge on any atom is 0.306 e. The highest BCUT2D eigenvalue weighted by Gasteiger charge is 2.10. The van der Waals surface area contributed by atoms with E-state index in [9.17, 15) is 9.59 Å². The Kier molecular flexibility index (Phi) is 8.62. The first-order valence-electron chi connectivity index (χ1n) is 8.89. The summed E-state index contributed by atoms with van der Waals surface area (Å²) >= 11 is 5.92. The van der Waals surface area contributed by atoms with E-state index in [1.165, 1.54) is 0 Å². The van der Waals surface area contributed by atoms with Crippen LogP contribution in [0.4, 0.5) is 0 Å². The average Bonchev–Trinajstić information content (AvgIpc) is 2.70. The van der Waals surface area contributed by atoms with E-state index in [0.29, 0.717) is 35.9 Å². The number of halogens is 1. The zero-order valence-electron chi connectivity index (χ0n) is 16.0. The van der Waals surface area contributed by atoms with Gasteiger partial charge in [0.2, 0.25) is 0 Å². The second-order valence-electron chi connectivity index (χ2n) is 6.08. The highest BCUT2D eigenvalue weighted by molar-refractivity contribution is 6.30. The third kappa shape index (κ3) is 7.12. The molecule has 28 heavy (non-hydrogen) atoms. The summed E-state index contributed by atoms with van der Waals surface area (Å²) in [5.41, 5.74) is 1.94. The van der Waals surface area contributed by atoms with Crippen molar-refractivity contribution in [3.63, 3.8) is 0 Å². The molecular weight excluding hydrogens is 382 g/mol. The van der Waals surface area contributed by atoms with Crippen molar-refractivity contribution in [3.05, 3.63) is 58.6 Å². The number of aryl methyl sites for hydroxylation is 1. The monoisotopic (exact) mass is 405 g/mol. The molecule has 0 spiro atoms.